The van der Waals surface area contributed by atoms with Crippen molar-refractivity contribution in [1.29, 1.82) is 0 Å². The largest absolute Gasteiger partial charge is 0.505 e. The van der Waals surface area contributed by atoms with E-state index in [9.17, 15) is 5.11 Å². The highest BCUT2D eigenvalue weighted by atomic mass is 32.1. The number of azo groups is 1. The highest BCUT2D eigenvalue weighted by Gasteiger charge is 2.29. The van der Waals surface area contributed by atoms with Crippen LogP contribution in [0.2, 0.25) is 0 Å². The van der Waals surface area contributed by atoms with Gasteiger partial charge in [0.15, 0.2) is 0 Å². The molecule has 1 aromatic heterocycles. The van der Waals surface area contributed by atoms with Gasteiger partial charge in [0.1, 0.15) is 17.2 Å². The van der Waals surface area contributed by atoms with E-state index in [2.05, 4.69) is 20.1 Å². The first kappa shape index (κ1) is 16.5. The molecule has 6 nitrogen and oxygen atoms in total. The number of nitrogens with zero attached hydrogens (tertiary/aromatic N) is 4. The molecule has 1 N–H and O–H groups in total. The molecule has 0 unspecified atom stereocenters. The number of aromatic hydroxyl groups is 1. The molecular weight excluding hydrogens is 360 g/mol. The van der Waals surface area contributed by atoms with E-state index in [-0.39, 0.29) is 5.75 Å². The molecule has 0 bridgehead atoms. The lowest BCUT2D eigenvalue weighted by Crippen LogP contribution is -2.26. The Morgan fingerprint density at radius 1 is 1.22 bits per heavy atom. The third-order valence-corrected chi connectivity index (χ3v) is 6.06. The summed E-state index contributed by atoms with van der Waals surface area (Å²) in [6.07, 6.45) is 2.97. The highest BCUT2D eigenvalue weighted by Crippen LogP contribution is 2.46. The summed E-state index contributed by atoms with van der Waals surface area (Å²) in [6.45, 7) is 4.71. The molecule has 7 heteroatoms. The lowest BCUT2D eigenvalue weighted by atomic mass is 9.98. The van der Waals surface area contributed by atoms with E-state index in [1.54, 1.807) is 0 Å². The van der Waals surface area contributed by atoms with E-state index >= 15 is 0 Å². The number of hydrogen-bond donors (Lipinski definition) is 1. The summed E-state index contributed by atoms with van der Waals surface area (Å²) in [4.78, 5) is 6.88. The van der Waals surface area contributed by atoms with Crippen molar-refractivity contribution >= 4 is 38.1 Å². The van der Waals surface area contributed by atoms with Crippen molar-refractivity contribution in [3.05, 3.63) is 35.4 Å². The van der Waals surface area contributed by atoms with Crippen LogP contribution in [0.5, 0.6) is 11.5 Å². The fraction of sp³-hybridized carbons (Fsp3) is 0.350. The van der Waals surface area contributed by atoms with Crippen LogP contribution in [0.4, 0.5) is 16.5 Å². The van der Waals surface area contributed by atoms with E-state index in [1.807, 2.05) is 31.2 Å². The summed E-state index contributed by atoms with van der Waals surface area (Å²) >= 11 is 1.47. The molecule has 0 spiro atoms. The molecule has 0 saturated heterocycles. The quantitative estimate of drug-likeness (QED) is 0.637. The number of anilines is 1. The Balaban J connectivity index is 1.48. The molecule has 0 aliphatic carbocycles. The summed E-state index contributed by atoms with van der Waals surface area (Å²) in [5.41, 5.74) is 4.93. The van der Waals surface area contributed by atoms with Crippen molar-refractivity contribution < 1.29 is 9.84 Å². The zero-order valence-electron chi connectivity index (χ0n) is 15.1. The number of fused-ring (bicyclic) bond motifs is 1. The van der Waals surface area contributed by atoms with Gasteiger partial charge in [0.25, 0.3) is 0 Å². The molecule has 5 rings (SSSR count). The van der Waals surface area contributed by atoms with Crippen LogP contribution < -0.4 is 9.64 Å². The van der Waals surface area contributed by atoms with Gasteiger partial charge in [-0.05, 0) is 56.0 Å². The van der Waals surface area contributed by atoms with Crippen LogP contribution in [-0.2, 0) is 12.8 Å². The van der Waals surface area contributed by atoms with Gasteiger partial charge < -0.3 is 14.7 Å². The topological polar surface area (TPSA) is 70.3 Å². The number of hydrogen-bond acceptors (Lipinski definition) is 7. The molecule has 2 aliphatic rings. The number of rotatable bonds is 4. The first-order valence-electron chi connectivity index (χ1n) is 9.30. The summed E-state index contributed by atoms with van der Waals surface area (Å²) < 4.78 is 6.55. The number of benzene rings is 2. The molecule has 0 atom stereocenters. The number of phenols is 1. The second-order valence-electron chi connectivity index (χ2n) is 6.83. The average molecular weight is 380 g/mol. The molecule has 138 valence electrons. The van der Waals surface area contributed by atoms with Crippen molar-refractivity contribution in [2.45, 2.75) is 26.2 Å². The first-order chi connectivity index (χ1) is 13.2. The SMILES string of the molecule is CCOc1ccc2nc(N=Nc3cc4c5c(c3O)CCCN5CC4)sc2c1. The fourth-order valence-corrected chi connectivity index (χ4v) is 4.80. The van der Waals surface area contributed by atoms with Gasteiger partial charge in [-0.15, -0.1) is 10.2 Å². The average Bonchev–Trinajstić information content (AvgIpc) is 3.28. The molecule has 2 aliphatic heterocycles. The van der Waals surface area contributed by atoms with Gasteiger partial charge in [-0.2, -0.15) is 0 Å². The van der Waals surface area contributed by atoms with Gasteiger partial charge >= 0.3 is 0 Å². The van der Waals surface area contributed by atoms with Gasteiger partial charge in [-0.25, -0.2) is 4.98 Å². The van der Waals surface area contributed by atoms with Crippen LogP contribution in [0, 0.1) is 0 Å². The van der Waals surface area contributed by atoms with E-state index in [1.165, 1.54) is 22.6 Å². The Kier molecular flexibility index (Phi) is 3.97. The molecular formula is C20H20N4O2S. The van der Waals surface area contributed by atoms with Crippen LogP contribution in [-0.4, -0.2) is 29.8 Å². The van der Waals surface area contributed by atoms with Crippen molar-refractivity contribution in [2.24, 2.45) is 10.2 Å². The second kappa shape index (κ2) is 6.49. The highest BCUT2D eigenvalue weighted by molar-refractivity contribution is 7.21. The Morgan fingerprint density at radius 3 is 3.04 bits per heavy atom. The number of thiazole rings is 1. The summed E-state index contributed by atoms with van der Waals surface area (Å²) in [6, 6.07) is 7.79. The van der Waals surface area contributed by atoms with Crippen LogP contribution in [0.1, 0.15) is 24.5 Å². The molecule has 0 fully saturated rings. The minimum Gasteiger partial charge on any atom is -0.505 e. The van der Waals surface area contributed by atoms with Crippen LogP contribution in [0.3, 0.4) is 0 Å². The van der Waals surface area contributed by atoms with Crippen LogP contribution in [0.25, 0.3) is 10.2 Å². The predicted molar refractivity (Wildman–Crippen MR) is 107 cm³/mol. The Hall–Kier alpha value is -2.67. The Labute approximate surface area is 161 Å². The number of phenolic OH excluding ortho intramolecular Hbond substituents is 1. The van der Waals surface area contributed by atoms with E-state index in [0.29, 0.717) is 17.4 Å². The number of aromatic nitrogens is 1. The summed E-state index contributed by atoms with van der Waals surface area (Å²) in [5, 5.41) is 19.9. The van der Waals surface area contributed by atoms with Crippen molar-refractivity contribution in [3.63, 3.8) is 0 Å². The van der Waals surface area contributed by atoms with Crippen molar-refractivity contribution in [2.75, 3.05) is 24.6 Å². The normalized spacial score (nSPS) is 15.7. The maximum atomic E-state index is 10.7. The zero-order valence-corrected chi connectivity index (χ0v) is 15.9. The molecule has 3 heterocycles. The van der Waals surface area contributed by atoms with Crippen molar-refractivity contribution in [1.82, 2.24) is 4.98 Å². The van der Waals surface area contributed by atoms with E-state index in [0.717, 1.165) is 53.9 Å². The van der Waals surface area contributed by atoms with Crippen molar-refractivity contribution in [3.8, 4) is 11.5 Å². The molecule has 3 aromatic rings. The van der Waals surface area contributed by atoms with Gasteiger partial charge in [-0.3, -0.25) is 0 Å². The summed E-state index contributed by atoms with van der Waals surface area (Å²) in [7, 11) is 0. The number of ether oxygens (including phenoxy) is 1. The Bertz CT molecular complexity index is 1060. The molecule has 27 heavy (non-hydrogen) atoms. The van der Waals surface area contributed by atoms with E-state index in [4.69, 9.17) is 4.74 Å². The third kappa shape index (κ3) is 2.82. The lowest BCUT2D eigenvalue weighted by Gasteiger charge is -2.27. The van der Waals surface area contributed by atoms with Gasteiger partial charge in [0.2, 0.25) is 5.13 Å². The smallest absolute Gasteiger partial charge is 0.231 e. The third-order valence-electron chi connectivity index (χ3n) is 5.15. The Morgan fingerprint density at radius 2 is 2.15 bits per heavy atom. The van der Waals surface area contributed by atoms with Crippen LogP contribution >= 0.6 is 11.3 Å². The monoisotopic (exact) mass is 380 g/mol. The zero-order chi connectivity index (χ0) is 18.4. The first-order valence-corrected chi connectivity index (χ1v) is 10.1. The van der Waals surface area contributed by atoms with Gasteiger partial charge in [-0.1, -0.05) is 11.3 Å². The lowest BCUT2D eigenvalue weighted by molar-refractivity contribution is 0.341. The second-order valence-corrected chi connectivity index (χ2v) is 7.84. The standard InChI is InChI=1S/C20H20N4O2S/c1-2-26-13-5-6-15-17(11-13)27-20(21-15)23-22-16-10-12-7-9-24-8-3-4-14(18(12)24)19(16)25/h5-6,10-11,25H,2-4,7-9H2,1H3. The molecule has 2 aromatic carbocycles. The predicted octanol–water partition coefficient (Wildman–Crippen LogP) is 5.12. The van der Waals surface area contributed by atoms with E-state index < -0.39 is 0 Å². The summed E-state index contributed by atoms with van der Waals surface area (Å²) in [5.74, 6) is 1.10. The van der Waals surface area contributed by atoms with Crippen LogP contribution in [0.15, 0.2) is 34.5 Å². The molecule has 0 amide bonds. The molecule has 0 radical (unpaired) electrons. The molecule has 0 saturated carbocycles. The van der Waals surface area contributed by atoms with Gasteiger partial charge in [0.05, 0.1) is 16.8 Å². The minimum atomic E-state index is 0.267. The maximum Gasteiger partial charge on any atom is 0.231 e. The van der Waals surface area contributed by atoms with Gasteiger partial charge in [0, 0.05) is 24.3 Å². The minimum absolute atomic E-state index is 0.267. The maximum absolute atomic E-state index is 10.7. The fourth-order valence-electron chi connectivity index (χ4n) is 3.99.